The van der Waals surface area contributed by atoms with Crippen molar-refractivity contribution in [2.45, 2.75) is 47.0 Å². The van der Waals surface area contributed by atoms with E-state index in [0.29, 0.717) is 24.0 Å². The van der Waals surface area contributed by atoms with E-state index < -0.39 is 0 Å². The molecule has 0 N–H and O–H groups in total. The van der Waals surface area contributed by atoms with Gasteiger partial charge in [0.25, 0.3) is 0 Å². The predicted octanol–water partition coefficient (Wildman–Crippen LogP) is 4.68. The number of carbonyl (C=O) groups is 1. The Morgan fingerprint density at radius 2 is 1.79 bits per heavy atom. The molecule has 1 saturated heterocycles. The predicted molar refractivity (Wildman–Crippen MR) is 133 cm³/mol. The van der Waals surface area contributed by atoms with Gasteiger partial charge in [-0.25, -0.2) is 4.98 Å². The zero-order chi connectivity index (χ0) is 23.6. The maximum Gasteiger partial charge on any atom is 0.142 e. The van der Waals surface area contributed by atoms with Crippen molar-refractivity contribution in [3.8, 4) is 11.3 Å². The molecule has 3 aromatic heterocycles. The first-order valence-electron chi connectivity index (χ1n) is 12.4. The first-order valence-corrected chi connectivity index (χ1v) is 12.4. The van der Waals surface area contributed by atoms with Crippen LogP contribution in [0.5, 0.6) is 0 Å². The Labute approximate surface area is 197 Å². The van der Waals surface area contributed by atoms with E-state index in [9.17, 15) is 4.79 Å². The zero-order valence-electron chi connectivity index (χ0n) is 20.8. The van der Waals surface area contributed by atoms with Crippen molar-refractivity contribution in [3.05, 3.63) is 42.5 Å². The Hall–Kier alpha value is -2.60. The number of pyridine rings is 2. The summed E-state index contributed by atoms with van der Waals surface area (Å²) in [6.07, 6.45) is 8.00. The number of aromatic nitrogens is 4. The summed E-state index contributed by atoms with van der Waals surface area (Å²) >= 11 is 0. The van der Waals surface area contributed by atoms with Gasteiger partial charge in [0.2, 0.25) is 0 Å². The molecule has 176 valence electrons. The highest BCUT2D eigenvalue weighted by Gasteiger charge is 2.37. The number of fused-ring (bicyclic) bond motifs is 1. The minimum absolute atomic E-state index is 0.155. The monoisotopic (exact) mass is 448 g/mol. The average molecular weight is 449 g/mol. The molecule has 0 unspecified atom stereocenters. The number of rotatable bonds is 8. The fraction of sp³-hybridized carbons (Fsp3) is 0.556. The van der Waals surface area contributed by atoms with E-state index in [4.69, 9.17) is 4.98 Å². The summed E-state index contributed by atoms with van der Waals surface area (Å²) in [6, 6.07) is 6.01. The molecule has 0 aliphatic carbocycles. The molecule has 6 heteroatoms. The minimum Gasteiger partial charge on any atom is -0.323 e. The number of Topliss-reactive ketones (excluding diaryl/α,β-unsaturated/α-hetero) is 1. The lowest BCUT2D eigenvalue weighted by Gasteiger charge is -2.45. The second-order valence-electron chi connectivity index (χ2n) is 10.8. The Morgan fingerprint density at radius 1 is 1.09 bits per heavy atom. The number of nitrogens with zero attached hydrogens (tertiary/aromatic N) is 5. The van der Waals surface area contributed by atoms with Gasteiger partial charge in [0.05, 0.1) is 43.6 Å². The molecule has 1 aliphatic rings. The Balaban J connectivity index is 1.44. The first-order chi connectivity index (χ1) is 15.7. The van der Waals surface area contributed by atoms with Gasteiger partial charge in [0.1, 0.15) is 5.78 Å². The molecule has 4 rings (SSSR count). The fourth-order valence-corrected chi connectivity index (χ4v) is 5.62. The lowest BCUT2D eigenvalue weighted by atomic mass is 9.87. The summed E-state index contributed by atoms with van der Waals surface area (Å²) in [4.78, 5) is 22.6. The molecule has 0 saturated carbocycles. The molecule has 33 heavy (non-hydrogen) atoms. The van der Waals surface area contributed by atoms with Crippen LogP contribution in [0, 0.1) is 17.8 Å². The minimum atomic E-state index is 0.155. The molecule has 3 aromatic rings. The first kappa shape index (κ1) is 23.6. The number of quaternary nitrogens is 1. The summed E-state index contributed by atoms with van der Waals surface area (Å²) in [6.45, 7) is 13.9. The van der Waals surface area contributed by atoms with Crippen LogP contribution in [0.2, 0.25) is 0 Å². The van der Waals surface area contributed by atoms with Crippen molar-refractivity contribution in [1.82, 2.24) is 19.7 Å². The van der Waals surface area contributed by atoms with Gasteiger partial charge < -0.3 is 4.48 Å². The van der Waals surface area contributed by atoms with E-state index >= 15 is 0 Å². The normalized spacial score (nSPS) is 16.7. The quantitative estimate of drug-likeness (QED) is 0.470. The average Bonchev–Trinajstić information content (AvgIpc) is 3.19. The number of hydrogen-bond acceptors (Lipinski definition) is 4. The van der Waals surface area contributed by atoms with Crippen LogP contribution < -0.4 is 0 Å². The highest BCUT2D eigenvalue weighted by atomic mass is 16.1. The van der Waals surface area contributed by atoms with E-state index in [1.54, 1.807) is 4.68 Å². The van der Waals surface area contributed by atoms with Gasteiger partial charge in [-0.1, -0.05) is 27.7 Å². The highest BCUT2D eigenvalue weighted by molar-refractivity contribution is 5.85. The van der Waals surface area contributed by atoms with Crippen molar-refractivity contribution in [1.29, 1.82) is 0 Å². The van der Waals surface area contributed by atoms with Crippen LogP contribution in [0.15, 0.2) is 36.8 Å². The number of piperidine rings is 1. The Kier molecular flexibility index (Phi) is 6.94. The lowest BCUT2D eigenvalue weighted by molar-refractivity contribution is -0.938. The van der Waals surface area contributed by atoms with E-state index in [0.717, 1.165) is 53.8 Å². The van der Waals surface area contributed by atoms with Crippen LogP contribution in [0.25, 0.3) is 22.2 Å². The standard InChI is InChI=1S/C27H38N5O/c1-19(2)17-32(18-20(3)4)10-8-21(9-11-32)27(33)13-24-12-26-22(14-28-24)6-7-25(30-26)23-15-29-31(5)16-23/h6-7,12,14-16,19-21H,8-11,13,17-18H2,1-5H3/q+1. The van der Waals surface area contributed by atoms with Crippen molar-refractivity contribution in [3.63, 3.8) is 0 Å². The molecule has 0 radical (unpaired) electrons. The van der Waals surface area contributed by atoms with Crippen LogP contribution in [0.4, 0.5) is 0 Å². The van der Waals surface area contributed by atoms with Crippen LogP contribution in [0.1, 0.15) is 46.2 Å². The number of hydrogen-bond donors (Lipinski definition) is 0. The van der Waals surface area contributed by atoms with Gasteiger partial charge in [0, 0.05) is 73.1 Å². The second kappa shape index (κ2) is 9.72. The summed E-state index contributed by atoms with van der Waals surface area (Å²) in [7, 11) is 1.90. The summed E-state index contributed by atoms with van der Waals surface area (Å²) in [5.74, 6) is 1.85. The van der Waals surface area contributed by atoms with Crippen molar-refractivity contribution in [2.24, 2.45) is 24.8 Å². The van der Waals surface area contributed by atoms with Crippen LogP contribution in [-0.4, -0.2) is 56.2 Å². The maximum atomic E-state index is 13.2. The van der Waals surface area contributed by atoms with Crippen molar-refractivity contribution < 1.29 is 9.28 Å². The Bertz CT molecular complexity index is 1100. The number of ketones is 1. The Morgan fingerprint density at radius 3 is 2.39 bits per heavy atom. The van der Waals surface area contributed by atoms with Crippen LogP contribution >= 0.6 is 0 Å². The molecule has 1 fully saturated rings. The van der Waals surface area contributed by atoms with Gasteiger partial charge in [-0.05, 0) is 18.2 Å². The summed E-state index contributed by atoms with van der Waals surface area (Å²) < 4.78 is 2.95. The van der Waals surface area contributed by atoms with E-state index in [1.807, 2.05) is 43.8 Å². The third kappa shape index (κ3) is 5.67. The molecule has 0 spiro atoms. The third-order valence-electron chi connectivity index (χ3n) is 6.85. The summed E-state index contributed by atoms with van der Waals surface area (Å²) in [5, 5.41) is 5.23. The van der Waals surface area contributed by atoms with Crippen LogP contribution in [-0.2, 0) is 18.3 Å². The summed E-state index contributed by atoms with van der Waals surface area (Å²) in [5.41, 5.74) is 3.57. The molecule has 0 bridgehead atoms. The number of aryl methyl sites for hydroxylation is 1. The molecular formula is C27H38N5O+. The fourth-order valence-electron chi connectivity index (χ4n) is 5.62. The molecule has 0 amide bonds. The molecular weight excluding hydrogens is 410 g/mol. The largest absolute Gasteiger partial charge is 0.323 e. The second-order valence-corrected chi connectivity index (χ2v) is 10.8. The SMILES string of the molecule is CC(C)C[N+]1(CC(C)C)CCC(C(=O)Cc2cc3nc(-c4cnn(C)c4)ccc3cn2)CC1. The maximum absolute atomic E-state index is 13.2. The van der Waals surface area contributed by atoms with Gasteiger partial charge in [-0.15, -0.1) is 0 Å². The third-order valence-corrected chi connectivity index (χ3v) is 6.85. The zero-order valence-corrected chi connectivity index (χ0v) is 20.8. The van der Waals surface area contributed by atoms with Crippen LogP contribution in [0.3, 0.4) is 0 Å². The van der Waals surface area contributed by atoms with Gasteiger partial charge in [0.15, 0.2) is 0 Å². The van der Waals surface area contributed by atoms with Gasteiger partial charge in [-0.3, -0.25) is 14.5 Å². The van der Waals surface area contributed by atoms with E-state index in [-0.39, 0.29) is 5.92 Å². The van der Waals surface area contributed by atoms with Crippen molar-refractivity contribution in [2.75, 3.05) is 26.2 Å². The molecule has 0 atom stereocenters. The number of carbonyl (C=O) groups excluding carboxylic acids is 1. The topological polar surface area (TPSA) is 60.7 Å². The molecule has 4 heterocycles. The molecule has 1 aliphatic heterocycles. The van der Waals surface area contributed by atoms with E-state index in [2.05, 4.69) is 37.8 Å². The smallest absolute Gasteiger partial charge is 0.142 e. The lowest BCUT2D eigenvalue weighted by Crippen LogP contribution is -2.57. The highest BCUT2D eigenvalue weighted by Crippen LogP contribution is 2.28. The molecule has 0 aromatic carbocycles. The van der Waals surface area contributed by atoms with Gasteiger partial charge in [-0.2, -0.15) is 5.10 Å². The van der Waals surface area contributed by atoms with Crippen molar-refractivity contribution >= 4 is 16.7 Å². The van der Waals surface area contributed by atoms with Gasteiger partial charge >= 0.3 is 0 Å². The molecule has 6 nitrogen and oxygen atoms in total. The number of likely N-dealkylation sites (tertiary alicyclic amines) is 1. The van der Waals surface area contributed by atoms with E-state index in [1.165, 1.54) is 17.6 Å².